The summed E-state index contributed by atoms with van der Waals surface area (Å²) in [6, 6.07) is 1.27. The lowest BCUT2D eigenvalue weighted by Gasteiger charge is -1.93. The van der Waals surface area contributed by atoms with E-state index in [4.69, 9.17) is 11.6 Å². The van der Waals surface area contributed by atoms with E-state index in [2.05, 4.69) is 0 Å². The smallest absolute Gasteiger partial charge is 0.232 e. The second-order valence-corrected chi connectivity index (χ2v) is 2.11. The van der Waals surface area contributed by atoms with Crippen LogP contribution in [0.3, 0.4) is 0 Å². The predicted octanol–water partition coefficient (Wildman–Crippen LogP) is 2.76. The Kier molecular flexibility index (Phi) is 1.76. The highest BCUT2D eigenvalue weighted by atomic mass is 35.5. The molecule has 1 aromatic rings. The van der Waals surface area contributed by atoms with Crippen LogP contribution < -0.4 is 0 Å². The van der Waals surface area contributed by atoms with Crippen molar-refractivity contribution in [1.29, 1.82) is 0 Å². The molecule has 0 bridgehead atoms. The summed E-state index contributed by atoms with van der Waals surface area (Å²) in [4.78, 5) is 0. The summed E-state index contributed by atoms with van der Waals surface area (Å²) in [5.74, 6) is -2.98. The topological polar surface area (TPSA) is 19.9 Å². The highest BCUT2D eigenvalue weighted by Crippen LogP contribution is 2.27. The van der Waals surface area contributed by atoms with E-state index in [1.807, 2.05) is 0 Å². The van der Waals surface area contributed by atoms with Crippen LogP contribution in [0.4, 0.5) is 8.78 Å². The van der Waals surface area contributed by atoms with E-state index >= 15 is 0 Å². The fourth-order valence-corrected chi connectivity index (χ4v) is 0.723. The van der Waals surface area contributed by atoms with Crippen molar-refractivity contribution in [3.63, 3.8) is 0 Å². The minimum Gasteiger partial charge on any atom is -0.285 e. The average molecular weight is 164 g/mol. The van der Waals surface area contributed by atoms with Gasteiger partial charge in [-0.25, -0.2) is 8.78 Å². The molecule has 1 rings (SSSR count). The Hall–Kier alpha value is -0.830. The zero-order valence-corrected chi connectivity index (χ0v) is 5.45. The Morgan fingerprint density at radius 2 is 1.90 bits per heavy atom. The number of hydrogen-bond acceptors (Lipinski definition) is 0. The van der Waals surface area contributed by atoms with Gasteiger partial charge >= 0.3 is 0 Å². The SMILES string of the molecule is [O]c1c(F)cc(F)cc1Cl. The highest BCUT2D eigenvalue weighted by molar-refractivity contribution is 6.31. The van der Waals surface area contributed by atoms with Gasteiger partial charge in [-0.05, 0) is 6.07 Å². The van der Waals surface area contributed by atoms with Crippen molar-refractivity contribution in [3.05, 3.63) is 28.8 Å². The Bertz CT molecular complexity index is 239. The lowest BCUT2D eigenvalue weighted by atomic mass is 10.3. The minimum absolute atomic E-state index is 0.433. The number of rotatable bonds is 0. The second kappa shape index (κ2) is 2.42. The standard InChI is InChI=1S/C6H2ClF2O/c7-4-1-3(8)2-5(9)6(4)10/h1-2H. The van der Waals surface area contributed by atoms with Crippen molar-refractivity contribution in [2.24, 2.45) is 0 Å². The van der Waals surface area contributed by atoms with Crippen molar-refractivity contribution in [3.8, 4) is 5.75 Å². The molecule has 0 amide bonds. The lowest BCUT2D eigenvalue weighted by molar-refractivity contribution is 0.328. The number of benzene rings is 1. The van der Waals surface area contributed by atoms with Crippen molar-refractivity contribution in [2.45, 2.75) is 0 Å². The largest absolute Gasteiger partial charge is 0.285 e. The summed E-state index contributed by atoms with van der Waals surface area (Å²) in [6.07, 6.45) is 0. The third kappa shape index (κ3) is 1.19. The molecule has 0 aliphatic carbocycles. The van der Waals surface area contributed by atoms with Crippen LogP contribution in [0, 0.1) is 11.6 Å². The molecule has 0 heterocycles. The zero-order valence-electron chi connectivity index (χ0n) is 4.70. The molecular formula is C6H2ClF2O. The molecule has 0 unspecified atom stereocenters. The van der Waals surface area contributed by atoms with Crippen LogP contribution in [0.2, 0.25) is 5.02 Å². The zero-order chi connectivity index (χ0) is 7.72. The van der Waals surface area contributed by atoms with E-state index in [0.29, 0.717) is 6.07 Å². The van der Waals surface area contributed by atoms with Crippen LogP contribution in [-0.4, -0.2) is 0 Å². The molecule has 0 saturated heterocycles. The molecule has 0 spiro atoms. The first-order chi connectivity index (χ1) is 4.61. The summed E-state index contributed by atoms with van der Waals surface area (Å²) >= 11 is 5.13. The normalized spacial score (nSPS) is 9.90. The quantitative estimate of drug-likeness (QED) is 0.561. The molecule has 0 atom stereocenters. The first-order valence-electron chi connectivity index (χ1n) is 2.43. The van der Waals surface area contributed by atoms with Gasteiger partial charge in [0, 0.05) is 6.07 Å². The highest BCUT2D eigenvalue weighted by Gasteiger charge is 2.09. The van der Waals surface area contributed by atoms with E-state index < -0.39 is 22.4 Å². The maximum Gasteiger partial charge on any atom is 0.232 e. The third-order valence-electron chi connectivity index (χ3n) is 0.963. The van der Waals surface area contributed by atoms with Crippen LogP contribution in [0.5, 0.6) is 5.75 Å². The number of halogens is 3. The van der Waals surface area contributed by atoms with Gasteiger partial charge in [0.2, 0.25) is 5.75 Å². The van der Waals surface area contributed by atoms with Crippen LogP contribution in [-0.2, 0) is 5.11 Å². The first-order valence-corrected chi connectivity index (χ1v) is 2.80. The van der Waals surface area contributed by atoms with Crippen molar-refractivity contribution in [1.82, 2.24) is 0 Å². The van der Waals surface area contributed by atoms with Gasteiger partial charge in [0.05, 0.1) is 5.02 Å². The predicted molar refractivity (Wildman–Crippen MR) is 31.5 cm³/mol. The maximum absolute atomic E-state index is 12.2. The van der Waals surface area contributed by atoms with Gasteiger partial charge in [-0.2, -0.15) is 0 Å². The Balaban J connectivity index is 3.31. The molecule has 1 nitrogen and oxygen atoms in total. The summed E-state index contributed by atoms with van der Waals surface area (Å²) in [5, 5.41) is 10.0. The molecule has 1 aromatic carbocycles. The third-order valence-corrected chi connectivity index (χ3v) is 1.24. The summed E-state index contributed by atoms with van der Waals surface area (Å²) in [6.45, 7) is 0. The number of hydrogen-bond donors (Lipinski definition) is 0. The fourth-order valence-electron chi connectivity index (χ4n) is 0.529. The van der Waals surface area contributed by atoms with Crippen LogP contribution in [0.15, 0.2) is 12.1 Å². The van der Waals surface area contributed by atoms with Gasteiger partial charge in [0.1, 0.15) is 5.82 Å². The van der Waals surface area contributed by atoms with Crippen molar-refractivity contribution >= 4 is 11.6 Å². The van der Waals surface area contributed by atoms with Crippen LogP contribution >= 0.6 is 11.6 Å². The van der Waals surface area contributed by atoms with E-state index in [0.717, 1.165) is 6.07 Å². The van der Waals surface area contributed by atoms with Gasteiger partial charge in [-0.1, -0.05) is 11.6 Å². The minimum atomic E-state index is -1.16. The second-order valence-electron chi connectivity index (χ2n) is 1.70. The van der Waals surface area contributed by atoms with Crippen LogP contribution in [0.25, 0.3) is 0 Å². The van der Waals surface area contributed by atoms with E-state index in [1.54, 1.807) is 0 Å². The summed E-state index contributed by atoms with van der Waals surface area (Å²) in [5.41, 5.74) is 0. The van der Waals surface area contributed by atoms with Crippen molar-refractivity contribution < 1.29 is 13.9 Å². The van der Waals surface area contributed by atoms with Crippen LogP contribution in [0.1, 0.15) is 0 Å². The first kappa shape index (κ1) is 7.28. The molecule has 0 aliphatic heterocycles. The van der Waals surface area contributed by atoms with E-state index in [-0.39, 0.29) is 0 Å². The Morgan fingerprint density at radius 3 is 2.40 bits per heavy atom. The molecule has 0 aliphatic rings. The summed E-state index contributed by atoms with van der Waals surface area (Å²) < 4.78 is 24.3. The van der Waals surface area contributed by atoms with E-state index in [9.17, 15) is 13.9 Å². The molecular weight excluding hydrogens is 162 g/mol. The maximum atomic E-state index is 12.2. The monoisotopic (exact) mass is 163 g/mol. The van der Waals surface area contributed by atoms with Gasteiger partial charge in [0.15, 0.2) is 5.82 Å². The van der Waals surface area contributed by atoms with Crippen molar-refractivity contribution in [2.75, 3.05) is 0 Å². The summed E-state index contributed by atoms with van der Waals surface area (Å²) in [7, 11) is 0. The van der Waals surface area contributed by atoms with Gasteiger partial charge in [0.25, 0.3) is 0 Å². The Labute approximate surface area is 60.9 Å². The molecule has 0 N–H and O–H groups in total. The van der Waals surface area contributed by atoms with Gasteiger partial charge < -0.3 is 0 Å². The molecule has 0 fully saturated rings. The fraction of sp³-hybridized carbons (Fsp3) is 0. The molecule has 0 aromatic heterocycles. The molecule has 0 saturated carbocycles. The van der Waals surface area contributed by atoms with E-state index in [1.165, 1.54) is 0 Å². The molecule has 53 valence electrons. The molecule has 1 radical (unpaired) electrons. The van der Waals surface area contributed by atoms with Gasteiger partial charge in [-0.15, -0.1) is 0 Å². The average Bonchev–Trinajstić information content (AvgIpc) is 1.82. The molecule has 4 heteroatoms. The molecule has 10 heavy (non-hydrogen) atoms. The van der Waals surface area contributed by atoms with Gasteiger partial charge in [-0.3, -0.25) is 5.11 Å². The Morgan fingerprint density at radius 1 is 1.30 bits per heavy atom. The lowest BCUT2D eigenvalue weighted by Crippen LogP contribution is -1.79.